The highest BCUT2D eigenvalue weighted by molar-refractivity contribution is 5.95. The monoisotopic (exact) mass is 271 g/mol. The molecule has 1 aromatic heterocycles. The average Bonchev–Trinajstić information content (AvgIpc) is 2.98. The second kappa shape index (κ2) is 5.16. The number of hydrogen-bond donors (Lipinski definition) is 1. The number of carbonyl (C=O) groups is 2. The standard InChI is InChI=1S/C14H13N3O3/c18-13-12(16-14(19)20-13)6-11-8-17(9-15-11)7-10-4-2-1-3-5-10/h1-5,8-9,12H,6-7H2,(H,16,19). The highest BCUT2D eigenvalue weighted by atomic mass is 16.6. The van der Waals surface area contributed by atoms with Gasteiger partial charge < -0.3 is 14.6 Å². The van der Waals surface area contributed by atoms with Gasteiger partial charge in [-0.05, 0) is 5.56 Å². The third kappa shape index (κ3) is 2.69. The number of benzene rings is 1. The maximum absolute atomic E-state index is 11.3. The summed E-state index contributed by atoms with van der Waals surface area (Å²) >= 11 is 0. The van der Waals surface area contributed by atoms with Gasteiger partial charge in [0.1, 0.15) is 6.04 Å². The number of nitrogens with one attached hydrogen (secondary N) is 1. The number of nitrogens with zero attached hydrogens (tertiary/aromatic N) is 2. The molecule has 20 heavy (non-hydrogen) atoms. The number of amides is 1. The maximum Gasteiger partial charge on any atom is 0.415 e. The zero-order valence-corrected chi connectivity index (χ0v) is 10.7. The van der Waals surface area contributed by atoms with Crippen LogP contribution in [0, 0.1) is 0 Å². The van der Waals surface area contributed by atoms with E-state index in [9.17, 15) is 9.59 Å². The number of imidazole rings is 1. The first-order chi connectivity index (χ1) is 9.70. The largest absolute Gasteiger partial charge is 0.415 e. The molecule has 0 aliphatic carbocycles. The third-order valence-corrected chi connectivity index (χ3v) is 3.08. The number of hydrogen-bond acceptors (Lipinski definition) is 4. The first-order valence-electron chi connectivity index (χ1n) is 6.27. The topological polar surface area (TPSA) is 73.2 Å². The van der Waals surface area contributed by atoms with Crippen LogP contribution >= 0.6 is 0 Å². The van der Waals surface area contributed by atoms with E-state index in [0.717, 1.165) is 12.2 Å². The van der Waals surface area contributed by atoms with Gasteiger partial charge in [-0.15, -0.1) is 0 Å². The van der Waals surface area contributed by atoms with Crippen LogP contribution in [0.4, 0.5) is 4.79 Å². The number of ether oxygens (including phenoxy) is 1. The Balaban J connectivity index is 1.65. The molecular formula is C14H13N3O3. The third-order valence-electron chi connectivity index (χ3n) is 3.08. The summed E-state index contributed by atoms with van der Waals surface area (Å²) in [5, 5.41) is 2.45. The number of rotatable bonds is 4. The van der Waals surface area contributed by atoms with Gasteiger partial charge in [-0.2, -0.15) is 0 Å². The second-order valence-corrected chi connectivity index (χ2v) is 4.63. The fourth-order valence-electron chi connectivity index (χ4n) is 2.13. The summed E-state index contributed by atoms with van der Waals surface area (Å²) in [6.45, 7) is 0.718. The summed E-state index contributed by atoms with van der Waals surface area (Å²) in [5.41, 5.74) is 1.91. The minimum atomic E-state index is -0.691. The van der Waals surface area contributed by atoms with Crippen LogP contribution in [-0.2, 0) is 22.5 Å². The summed E-state index contributed by atoms with van der Waals surface area (Å²) in [7, 11) is 0. The molecule has 2 aromatic rings. The molecule has 0 radical (unpaired) electrons. The summed E-state index contributed by atoms with van der Waals surface area (Å²) in [6.07, 6.45) is 3.23. The van der Waals surface area contributed by atoms with Gasteiger partial charge in [-0.25, -0.2) is 14.6 Å². The molecule has 1 aliphatic heterocycles. The van der Waals surface area contributed by atoms with Crippen molar-refractivity contribution in [1.29, 1.82) is 0 Å². The summed E-state index contributed by atoms with van der Waals surface area (Å²) < 4.78 is 6.36. The van der Waals surface area contributed by atoms with Crippen LogP contribution in [0.15, 0.2) is 42.9 Å². The smallest absolute Gasteiger partial charge is 0.375 e. The molecule has 102 valence electrons. The number of carbonyl (C=O) groups excluding carboxylic acids is 2. The average molecular weight is 271 g/mol. The van der Waals surface area contributed by atoms with Gasteiger partial charge in [0, 0.05) is 19.2 Å². The van der Waals surface area contributed by atoms with Crippen molar-refractivity contribution in [3.63, 3.8) is 0 Å². The lowest BCUT2D eigenvalue weighted by atomic mass is 10.2. The van der Waals surface area contributed by atoms with E-state index in [0.29, 0.717) is 6.42 Å². The van der Waals surface area contributed by atoms with Gasteiger partial charge in [0.2, 0.25) is 0 Å². The van der Waals surface area contributed by atoms with Crippen LogP contribution in [0.2, 0.25) is 0 Å². The minimum Gasteiger partial charge on any atom is -0.375 e. The van der Waals surface area contributed by atoms with Crippen molar-refractivity contribution >= 4 is 12.1 Å². The Bertz CT molecular complexity index is 636. The lowest BCUT2D eigenvalue weighted by Crippen LogP contribution is -2.30. The van der Waals surface area contributed by atoms with Crippen molar-refractivity contribution in [3.8, 4) is 0 Å². The molecule has 6 heteroatoms. The highest BCUT2D eigenvalue weighted by Crippen LogP contribution is 2.09. The van der Waals surface area contributed by atoms with E-state index in [1.807, 2.05) is 41.1 Å². The minimum absolute atomic E-state index is 0.340. The molecular weight excluding hydrogens is 258 g/mol. The van der Waals surface area contributed by atoms with Crippen molar-refractivity contribution in [3.05, 3.63) is 54.1 Å². The molecule has 6 nitrogen and oxygen atoms in total. The fraction of sp³-hybridized carbons (Fsp3) is 0.214. The predicted octanol–water partition coefficient (Wildman–Crippen LogP) is 1.11. The molecule has 1 N–H and O–H groups in total. The van der Waals surface area contributed by atoms with Crippen LogP contribution in [-0.4, -0.2) is 27.7 Å². The molecule has 1 fully saturated rings. The lowest BCUT2D eigenvalue weighted by molar-refractivity contribution is -0.135. The zero-order chi connectivity index (χ0) is 13.9. The summed E-state index contributed by atoms with van der Waals surface area (Å²) in [4.78, 5) is 26.5. The van der Waals surface area contributed by atoms with Crippen molar-refractivity contribution in [2.45, 2.75) is 19.0 Å². The van der Waals surface area contributed by atoms with Gasteiger partial charge in [0.15, 0.2) is 0 Å². The lowest BCUT2D eigenvalue weighted by Gasteiger charge is -2.03. The van der Waals surface area contributed by atoms with Crippen LogP contribution < -0.4 is 5.32 Å². The van der Waals surface area contributed by atoms with E-state index in [1.54, 1.807) is 6.33 Å². The van der Waals surface area contributed by atoms with E-state index in [4.69, 9.17) is 0 Å². The second-order valence-electron chi connectivity index (χ2n) is 4.63. The summed E-state index contributed by atoms with van der Waals surface area (Å²) in [6, 6.07) is 9.37. The number of cyclic esters (lactones) is 2. The van der Waals surface area contributed by atoms with Crippen molar-refractivity contribution < 1.29 is 14.3 Å². The Hall–Kier alpha value is -2.63. The van der Waals surface area contributed by atoms with Crippen molar-refractivity contribution in [1.82, 2.24) is 14.9 Å². The van der Waals surface area contributed by atoms with Crippen LogP contribution in [0.1, 0.15) is 11.3 Å². The summed E-state index contributed by atoms with van der Waals surface area (Å²) in [5.74, 6) is -0.549. The quantitative estimate of drug-likeness (QED) is 0.667. The van der Waals surface area contributed by atoms with E-state index in [-0.39, 0.29) is 0 Å². The molecule has 1 aromatic carbocycles. The Morgan fingerprint density at radius 3 is 2.75 bits per heavy atom. The molecule has 0 bridgehead atoms. The van der Waals surface area contributed by atoms with Crippen molar-refractivity contribution in [2.75, 3.05) is 0 Å². The van der Waals surface area contributed by atoms with Gasteiger partial charge in [-0.3, -0.25) is 0 Å². The SMILES string of the molecule is O=C1NC(Cc2cn(Cc3ccccc3)cn2)C(=O)O1. The molecule has 1 unspecified atom stereocenters. The van der Waals surface area contributed by atoms with E-state index in [1.165, 1.54) is 5.56 Å². The molecule has 1 saturated heterocycles. The molecule has 3 rings (SSSR count). The Morgan fingerprint density at radius 1 is 1.25 bits per heavy atom. The normalized spacial score (nSPS) is 17.9. The number of aromatic nitrogens is 2. The molecule has 0 saturated carbocycles. The fourth-order valence-corrected chi connectivity index (χ4v) is 2.13. The molecule has 1 amide bonds. The zero-order valence-electron chi connectivity index (χ0n) is 10.7. The van der Waals surface area contributed by atoms with E-state index >= 15 is 0 Å². The van der Waals surface area contributed by atoms with Crippen LogP contribution in [0.5, 0.6) is 0 Å². The van der Waals surface area contributed by atoms with Crippen molar-refractivity contribution in [2.24, 2.45) is 0 Å². The number of esters is 1. The Kier molecular flexibility index (Phi) is 3.20. The molecule has 0 spiro atoms. The molecule has 1 aliphatic rings. The van der Waals surface area contributed by atoms with Gasteiger partial charge in [0.25, 0.3) is 0 Å². The first-order valence-corrected chi connectivity index (χ1v) is 6.27. The predicted molar refractivity (Wildman–Crippen MR) is 69.9 cm³/mol. The molecule has 1 atom stereocenters. The Labute approximate surface area is 115 Å². The van der Waals surface area contributed by atoms with Crippen LogP contribution in [0.3, 0.4) is 0 Å². The maximum atomic E-state index is 11.3. The van der Waals surface area contributed by atoms with Gasteiger partial charge >= 0.3 is 12.1 Å². The van der Waals surface area contributed by atoms with E-state index < -0.39 is 18.1 Å². The number of alkyl carbamates (subject to hydrolysis) is 1. The highest BCUT2D eigenvalue weighted by Gasteiger charge is 2.32. The Morgan fingerprint density at radius 2 is 2.05 bits per heavy atom. The molecule has 2 heterocycles. The first kappa shape index (κ1) is 12.4. The van der Waals surface area contributed by atoms with E-state index in [2.05, 4.69) is 15.0 Å². The van der Waals surface area contributed by atoms with Gasteiger partial charge in [-0.1, -0.05) is 30.3 Å². The van der Waals surface area contributed by atoms with Gasteiger partial charge in [0.05, 0.1) is 12.0 Å². The van der Waals surface area contributed by atoms with Crippen LogP contribution in [0.25, 0.3) is 0 Å².